The van der Waals surface area contributed by atoms with Crippen LogP contribution in [0.2, 0.25) is 5.02 Å². The summed E-state index contributed by atoms with van der Waals surface area (Å²) in [4.78, 5) is 26.5. The first kappa shape index (κ1) is 9.79. The van der Waals surface area contributed by atoms with Crippen LogP contribution in [0.1, 0.15) is 5.56 Å². The highest BCUT2D eigenvalue weighted by Crippen LogP contribution is 2.21. The molecule has 0 fully saturated rings. The van der Waals surface area contributed by atoms with Crippen molar-refractivity contribution < 1.29 is 9.90 Å². The number of H-pyrrole nitrogens is 2. The van der Waals surface area contributed by atoms with Crippen molar-refractivity contribution in [3.63, 3.8) is 0 Å². The summed E-state index contributed by atoms with van der Waals surface area (Å²) in [5.74, 6) is -0.941. The summed E-state index contributed by atoms with van der Waals surface area (Å²) < 4.78 is 0. The topological polar surface area (TPSA) is 85.9 Å². The molecule has 6 heteroatoms. The van der Waals surface area contributed by atoms with Gasteiger partial charge in [0.1, 0.15) is 0 Å². The zero-order valence-electron chi connectivity index (χ0n) is 7.50. The molecule has 1 aromatic carbocycles. The van der Waals surface area contributed by atoms with Gasteiger partial charge in [0.15, 0.2) is 0 Å². The van der Waals surface area contributed by atoms with Gasteiger partial charge in [-0.2, -0.15) is 0 Å². The zero-order valence-corrected chi connectivity index (χ0v) is 8.26. The number of fused-ring (bicyclic) bond motifs is 1. The smallest absolute Gasteiger partial charge is 0.323 e. The number of hydrogen-bond donors (Lipinski definition) is 3. The molecule has 78 valence electrons. The predicted molar refractivity (Wildman–Crippen MR) is 55.3 cm³/mol. The van der Waals surface area contributed by atoms with Crippen LogP contribution in [0, 0.1) is 0 Å². The summed E-state index contributed by atoms with van der Waals surface area (Å²) in [7, 11) is 0. The molecule has 2 aromatic rings. The van der Waals surface area contributed by atoms with Crippen LogP contribution in [0.5, 0.6) is 0 Å². The monoisotopic (exact) mass is 226 g/mol. The van der Waals surface area contributed by atoms with Crippen LogP contribution in [-0.4, -0.2) is 21.0 Å². The summed E-state index contributed by atoms with van der Waals surface area (Å²) in [6.07, 6.45) is -0.122. The lowest BCUT2D eigenvalue weighted by Crippen LogP contribution is -2.00. The van der Waals surface area contributed by atoms with E-state index in [1.807, 2.05) is 0 Å². The fraction of sp³-hybridized carbons (Fsp3) is 0.111. The number of halogens is 1. The normalized spacial score (nSPS) is 10.7. The molecule has 0 spiro atoms. The van der Waals surface area contributed by atoms with E-state index in [0.29, 0.717) is 21.6 Å². The van der Waals surface area contributed by atoms with Crippen LogP contribution in [0.25, 0.3) is 11.0 Å². The van der Waals surface area contributed by atoms with Crippen LogP contribution >= 0.6 is 11.6 Å². The Morgan fingerprint density at radius 2 is 2.13 bits per heavy atom. The van der Waals surface area contributed by atoms with E-state index < -0.39 is 5.97 Å². The minimum Gasteiger partial charge on any atom is -0.481 e. The maximum absolute atomic E-state index is 11.0. The highest BCUT2D eigenvalue weighted by Gasteiger charge is 2.07. The first-order valence-electron chi connectivity index (χ1n) is 4.18. The summed E-state index contributed by atoms with van der Waals surface area (Å²) in [5.41, 5.74) is 1.20. The average molecular weight is 227 g/mol. The van der Waals surface area contributed by atoms with Gasteiger partial charge >= 0.3 is 11.7 Å². The quantitative estimate of drug-likeness (QED) is 0.718. The van der Waals surface area contributed by atoms with Gasteiger partial charge in [0.25, 0.3) is 0 Å². The van der Waals surface area contributed by atoms with E-state index >= 15 is 0 Å². The van der Waals surface area contributed by atoms with Crippen LogP contribution in [-0.2, 0) is 11.2 Å². The molecule has 0 aliphatic rings. The summed E-state index contributed by atoms with van der Waals surface area (Å²) >= 11 is 5.88. The summed E-state index contributed by atoms with van der Waals surface area (Å²) in [6.45, 7) is 0. The third kappa shape index (κ3) is 1.87. The Morgan fingerprint density at radius 1 is 1.40 bits per heavy atom. The third-order valence-electron chi connectivity index (χ3n) is 1.99. The van der Waals surface area contributed by atoms with Crippen molar-refractivity contribution in [3.8, 4) is 0 Å². The van der Waals surface area contributed by atoms with Gasteiger partial charge in [0.2, 0.25) is 0 Å². The van der Waals surface area contributed by atoms with E-state index in [-0.39, 0.29) is 12.1 Å². The highest BCUT2D eigenvalue weighted by molar-refractivity contribution is 6.35. The largest absolute Gasteiger partial charge is 0.481 e. The molecule has 1 heterocycles. The zero-order chi connectivity index (χ0) is 11.0. The maximum atomic E-state index is 11.0. The van der Waals surface area contributed by atoms with Crippen molar-refractivity contribution in [2.24, 2.45) is 0 Å². The lowest BCUT2D eigenvalue weighted by Gasteiger charge is -1.99. The minimum absolute atomic E-state index is 0.122. The Morgan fingerprint density at radius 3 is 2.80 bits per heavy atom. The molecule has 0 radical (unpaired) electrons. The molecule has 0 saturated heterocycles. The predicted octanol–water partition coefficient (Wildman–Crippen LogP) is 1.14. The molecule has 0 amide bonds. The molecule has 0 atom stereocenters. The van der Waals surface area contributed by atoms with E-state index in [9.17, 15) is 9.59 Å². The molecule has 0 saturated carbocycles. The van der Waals surface area contributed by atoms with E-state index in [1.165, 1.54) is 6.07 Å². The number of carboxylic acid groups (broad SMARTS) is 1. The lowest BCUT2D eigenvalue weighted by atomic mass is 10.1. The minimum atomic E-state index is -0.941. The number of rotatable bonds is 2. The molecule has 1 aromatic heterocycles. The molecular weight excluding hydrogens is 220 g/mol. The van der Waals surface area contributed by atoms with Crippen molar-refractivity contribution in [3.05, 3.63) is 33.2 Å². The highest BCUT2D eigenvalue weighted by atomic mass is 35.5. The standard InChI is InChI=1S/C9H7ClN2O3/c10-5-1-4(3-7(13)14)2-6-8(5)12-9(15)11-6/h1-2H,3H2,(H,13,14)(H2,11,12,15). The molecule has 3 N–H and O–H groups in total. The fourth-order valence-corrected chi connectivity index (χ4v) is 1.72. The van der Waals surface area contributed by atoms with Gasteiger partial charge in [0, 0.05) is 0 Å². The van der Waals surface area contributed by atoms with Gasteiger partial charge in [-0.1, -0.05) is 11.6 Å². The SMILES string of the molecule is O=C(O)Cc1cc(Cl)c2[nH]c(=O)[nH]c2c1. The average Bonchev–Trinajstić information content (AvgIpc) is 2.44. The summed E-state index contributed by atoms with van der Waals surface area (Å²) in [5, 5.41) is 8.95. The Balaban J connectivity index is 2.61. The Bertz CT molecular complexity index is 585. The molecule has 0 bridgehead atoms. The Labute approximate surface area is 88.7 Å². The van der Waals surface area contributed by atoms with Gasteiger partial charge in [0.05, 0.1) is 22.5 Å². The number of benzene rings is 1. The molecular formula is C9H7ClN2O3. The Kier molecular flexibility index (Phi) is 2.24. The number of aliphatic carboxylic acids is 1. The van der Waals surface area contributed by atoms with Gasteiger partial charge in [-0.25, -0.2) is 4.79 Å². The molecule has 0 aliphatic carbocycles. The molecule has 15 heavy (non-hydrogen) atoms. The number of aromatic amines is 2. The van der Waals surface area contributed by atoms with Gasteiger partial charge in [-0.15, -0.1) is 0 Å². The lowest BCUT2D eigenvalue weighted by molar-refractivity contribution is -0.136. The first-order valence-corrected chi connectivity index (χ1v) is 4.56. The van der Waals surface area contributed by atoms with E-state index in [1.54, 1.807) is 6.07 Å². The number of aromatic nitrogens is 2. The summed E-state index contributed by atoms with van der Waals surface area (Å²) in [6, 6.07) is 3.12. The molecule has 2 rings (SSSR count). The van der Waals surface area contributed by atoms with Gasteiger partial charge in [-0.3, -0.25) is 4.79 Å². The second-order valence-corrected chi connectivity index (χ2v) is 3.56. The number of carboxylic acids is 1. The first-order chi connectivity index (χ1) is 7.06. The second-order valence-electron chi connectivity index (χ2n) is 3.15. The molecule has 5 nitrogen and oxygen atoms in total. The number of nitrogens with one attached hydrogen (secondary N) is 2. The molecule has 0 aliphatic heterocycles. The van der Waals surface area contributed by atoms with Gasteiger partial charge in [-0.05, 0) is 17.7 Å². The van der Waals surface area contributed by atoms with E-state index in [2.05, 4.69) is 9.97 Å². The van der Waals surface area contributed by atoms with Gasteiger partial charge < -0.3 is 15.1 Å². The third-order valence-corrected chi connectivity index (χ3v) is 2.29. The number of hydrogen-bond acceptors (Lipinski definition) is 2. The van der Waals surface area contributed by atoms with Crippen LogP contribution in [0.3, 0.4) is 0 Å². The van der Waals surface area contributed by atoms with Crippen LogP contribution in [0.4, 0.5) is 0 Å². The van der Waals surface area contributed by atoms with Crippen molar-refractivity contribution in [1.82, 2.24) is 9.97 Å². The van der Waals surface area contributed by atoms with Crippen molar-refractivity contribution in [2.45, 2.75) is 6.42 Å². The van der Waals surface area contributed by atoms with Crippen molar-refractivity contribution in [2.75, 3.05) is 0 Å². The van der Waals surface area contributed by atoms with Crippen LogP contribution in [0.15, 0.2) is 16.9 Å². The van der Waals surface area contributed by atoms with Crippen molar-refractivity contribution in [1.29, 1.82) is 0 Å². The number of carbonyl (C=O) groups is 1. The van der Waals surface area contributed by atoms with E-state index in [4.69, 9.17) is 16.7 Å². The second kappa shape index (κ2) is 3.43. The Hall–Kier alpha value is -1.75. The van der Waals surface area contributed by atoms with Crippen molar-refractivity contribution >= 4 is 28.6 Å². The van der Waals surface area contributed by atoms with Crippen LogP contribution < -0.4 is 5.69 Å². The fourth-order valence-electron chi connectivity index (χ4n) is 1.43. The van der Waals surface area contributed by atoms with E-state index in [0.717, 1.165) is 0 Å². The maximum Gasteiger partial charge on any atom is 0.323 e. The number of imidazole rings is 1. The molecule has 0 unspecified atom stereocenters.